The number of aromatic nitrogens is 2. The van der Waals surface area contributed by atoms with Crippen molar-refractivity contribution < 1.29 is 4.74 Å². The fraction of sp³-hybridized carbons (Fsp3) is 0.161. The number of nitrogens with zero attached hydrogens (tertiary/aromatic N) is 2. The van der Waals surface area contributed by atoms with Crippen LogP contribution in [0.5, 0.6) is 5.75 Å². The molecule has 174 valence electrons. The van der Waals surface area contributed by atoms with Gasteiger partial charge in [0, 0.05) is 5.56 Å². The van der Waals surface area contributed by atoms with Crippen LogP contribution in [0.3, 0.4) is 0 Å². The van der Waals surface area contributed by atoms with Crippen molar-refractivity contribution in [2.45, 2.75) is 32.8 Å². The molecule has 0 aliphatic heterocycles. The highest BCUT2D eigenvalue weighted by atomic mass is 16.5. The van der Waals surface area contributed by atoms with E-state index < -0.39 is 0 Å². The Morgan fingerprint density at radius 1 is 0.857 bits per heavy atom. The van der Waals surface area contributed by atoms with Gasteiger partial charge in [-0.1, -0.05) is 80.6 Å². The lowest BCUT2D eigenvalue weighted by Gasteiger charge is -2.16. The molecular formula is C31H28N2O2. The molecule has 0 radical (unpaired) electrons. The van der Waals surface area contributed by atoms with Crippen molar-refractivity contribution in [1.29, 1.82) is 0 Å². The number of hydrogen-bond donors (Lipinski definition) is 0. The minimum atomic E-state index is -0.0857. The maximum Gasteiger partial charge on any atom is 0.266 e. The van der Waals surface area contributed by atoms with Crippen molar-refractivity contribution in [3.8, 4) is 22.8 Å². The van der Waals surface area contributed by atoms with Crippen molar-refractivity contribution in [3.05, 3.63) is 125 Å². The van der Waals surface area contributed by atoms with Crippen molar-refractivity contribution in [2.75, 3.05) is 0 Å². The highest BCUT2D eigenvalue weighted by Crippen LogP contribution is 2.27. The lowest BCUT2D eigenvalue weighted by Crippen LogP contribution is -2.22. The smallest absolute Gasteiger partial charge is 0.266 e. The Labute approximate surface area is 205 Å². The molecule has 0 saturated carbocycles. The van der Waals surface area contributed by atoms with Crippen LogP contribution in [0.2, 0.25) is 0 Å². The standard InChI is InChI=1S/C31H28N2O2/c1-3-22(2)24-16-18-26(19-17-24)33-30(32-29-15-8-7-14-28(29)31(33)34)25-12-9-13-27(20-25)35-21-23-10-5-4-6-11-23/h4-20,22H,3,21H2,1-2H3/t22-/m0/s1. The molecule has 0 unspecified atom stereocenters. The van der Waals surface area contributed by atoms with E-state index in [1.54, 1.807) is 4.57 Å². The number of ether oxygens (including phenoxy) is 1. The molecule has 0 bridgehead atoms. The van der Waals surface area contributed by atoms with Gasteiger partial charge in [-0.25, -0.2) is 4.98 Å². The predicted molar refractivity (Wildman–Crippen MR) is 142 cm³/mol. The number of benzene rings is 4. The van der Waals surface area contributed by atoms with Crippen LogP contribution in [0.1, 0.15) is 37.3 Å². The summed E-state index contributed by atoms with van der Waals surface area (Å²) >= 11 is 0. The zero-order valence-electron chi connectivity index (χ0n) is 20.0. The first-order valence-corrected chi connectivity index (χ1v) is 12.0. The minimum Gasteiger partial charge on any atom is -0.489 e. The fourth-order valence-corrected chi connectivity index (χ4v) is 4.22. The fourth-order valence-electron chi connectivity index (χ4n) is 4.22. The third-order valence-electron chi connectivity index (χ3n) is 6.45. The molecule has 0 amide bonds. The summed E-state index contributed by atoms with van der Waals surface area (Å²) in [4.78, 5) is 18.6. The van der Waals surface area contributed by atoms with Crippen LogP contribution in [0, 0.1) is 0 Å². The van der Waals surface area contributed by atoms with Gasteiger partial charge in [0.25, 0.3) is 5.56 Å². The third-order valence-corrected chi connectivity index (χ3v) is 6.45. The Kier molecular flexibility index (Phi) is 6.44. The summed E-state index contributed by atoms with van der Waals surface area (Å²) in [5.74, 6) is 1.79. The van der Waals surface area contributed by atoms with Crippen LogP contribution in [-0.4, -0.2) is 9.55 Å². The zero-order valence-corrected chi connectivity index (χ0v) is 20.0. The Morgan fingerprint density at radius 2 is 1.60 bits per heavy atom. The van der Waals surface area contributed by atoms with E-state index in [1.165, 1.54) is 5.56 Å². The normalized spacial score (nSPS) is 11.9. The first-order valence-electron chi connectivity index (χ1n) is 12.0. The molecule has 0 fully saturated rings. The average molecular weight is 461 g/mol. The minimum absolute atomic E-state index is 0.0857. The molecule has 5 rings (SSSR count). The molecule has 4 aromatic carbocycles. The third kappa shape index (κ3) is 4.73. The summed E-state index contributed by atoms with van der Waals surface area (Å²) in [6.07, 6.45) is 1.07. The first-order chi connectivity index (χ1) is 17.1. The Hall–Kier alpha value is -4.18. The SMILES string of the molecule is CC[C@H](C)c1ccc(-n2c(-c3cccc(OCc4ccccc4)c3)nc3ccccc3c2=O)cc1. The average Bonchev–Trinajstić information content (AvgIpc) is 2.92. The monoisotopic (exact) mass is 460 g/mol. The molecule has 0 spiro atoms. The lowest BCUT2D eigenvalue weighted by molar-refractivity contribution is 0.306. The van der Waals surface area contributed by atoms with Crippen LogP contribution in [-0.2, 0) is 6.61 Å². The van der Waals surface area contributed by atoms with E-state index in [2.05, 4.69) is 26.0 Å². The maximum absolute atomic E-state index is 13.7. The first kappa shape index (κ1) is 22.6. The second-order valence-electron chi connectivity index (χ2n) is 8.80. The highest BCUT2D eigenvalue weighted by Gasteiger charge is 2.15. The summed E-state index contributed by atoms with van der Waals surface area (Å²) < 4.78 is 7.76. The van der Waals surface area contributed by atoms with E-state index in [1.807, 2.05) is 91.0 Å². The summed E-state index contributed by atoms with van der Waals surface area (Å²) in [6, 6.07) is 33.6. The molecule has 1 atom stereocenters. The molecule has 0 aliphatic rings. The van der Waals surface area contributed by atoms with E-state index in [0.29, 0.717) is 29.3 Å². The molecule has 0 aliphatic carbocycles. The lowest BCUT2D eigenvalue weighted by atomic mass is 9.98. The maximum atomic E-state index is 13.7. The van der Waals surface area contributed by atoms with Gasteiger partial charge in [-0.3, -0.25) is 9.36 Å². The Morgan fingerprint density at radius 3 is 2.37 bits per heavy atom. The van der Waals surface area contributed by atoms with Gasteiger partial charge in [0.15, 0.2) is 0 Å². The van der Waals surface area contributed by atoms with E-state index in [9.17, 15) is 4.79 Å². The summed E-state index contributed by atoms with van der Waals surface area (Å²) in [5.41, 5.74) is 4.57. The van der Waals surface area contributed by atoms with Gasteiger partial charge in [-0.2, -0.15) is 0 Å². The second-order valence-corrected chi connectivity index (χ2v) is 8.80. The van der Waals surface area contributed by atoms with E-state index in [-0.39, 0.29) is 5.56 Å². The van der Waals surface area contributed by atoms with Gasteiger partial charge in [0.1, 0.15) is 18.2 Å². The molecule has 4 nitrogen and oxygen atoms in total. The second kappa shape index (κ2) is 9.98. The molecule has 35 heavy (non-hydrogen) atoms. The molecule has 0 N–H and O–H groups in total. The summed E-state index contributed by atoms with van der Waals surface area (Å²) in [6.45, 7) is 4.87. The number of rotatable bonds is 7. The van der Waals surface area contributed by atoms with Crippen LogP contribution in [0.25, 0.3) is 28.0 Å². The Balaban J connectivity index is 1.60. The van der Waals surface area contributed by atoms with Gasteiger partial charge in [0.2, 0.25) is 0 Å². The van der Waals surface area contributed by atoms with Crippen molar-refractivity contribution in [1.82, 2.24) is 9.55 Å². The van der Waals surface area contributed by atoms with Gasteiger partial charge in [0.05, 0.1) is 16.6 Å². The topological polar surface area (TPSA) is 44.1 Å². The predicted octanol–water partition coefficient (Wildman–Crippen LogP) is 7.15. The molecule has 4 heteroatoms. The quantitative estimate of drug-likeness (QED) is 0.259. The van der Waals surface area contributed by atoms with Crippen molar-refractivity contribution in [2.24, 2.45) is 0 Å². The summed E-state index contributed by atoms with van der Waals surface area (Å²) in [7, 11) is 0. The largest absolute Gasteiger partial charge is 0.489 e. The van der Waals surface area contributed by atoms with Crippen molar-refractivity contribution >= 4 is 10.9 Å². The zero-order chi connectivity index (χ0) is 24.2. The van der Waals surface area contributed by atoms with E-state index >= 15 is 0 Å². The number of hydrogen-bond acceptors (Lipinski definition) is 3. The summed E-state index contributed by atoms with van der Waals surface area (Å²) in [5, 5.41) is 0.596. The van der Waals surface area contributed by atoms with E-state index in [0.717, 1.165) is 29.0 Å². The van der Waals surface area contributed by atoms with Gasteiger partial charge < -0.3 is 4.74 Å². The van der Waals surface area contributed by atoms with Gasteiger partial charge in [-0.15, -0.1) is 0 Å². The number of fused-ring (bicyclic) bond motifs is 1. The van der Waals surface area contributed by atoms with Crippen LogP contribution >= 0.6 is 0 Å². The van der Waals surface area contributed by atoms with Gasteiger partial charge >= 0.3 is 0 Å². The van der Waals surface area contributed by atoms with Crippen molar-refractivity contribution in [3.63, 3.8) is 0 Å². The molecule has 1 aromatic heterocycles. The number of para-hydroxylation sites is 1. The molecular weight excluding hydrogens is 432 g/mol. The van der Waals surface area contributed by atoms with E-state index in [4.69, 9.17) is 9.72 Å². The van der Waals surface area contributed by atoms with Gasteiger partial charge in [-0.05, 0) is 59.9 Å². The molecule has 1 heterocycles. The highest BCUT2D eigenvalue weighted by molar-refractivity contribution is 5.80. The van der Waals surface area contributed by atoms with Crippen LogP contribution in [0.4, 0.5) is 0 Å². The Bertz CT molecular complexity index is 1510. The molecule has 5 aromatic rings. The van der Waals surface area contributed by atoms with Crippen LogP contribution < -0.4 is 10.3 Å². The van der Waals surface area contributed by atoms with Crippen LogP contribution in [0.15, 0.2) is 108 Å². The molecule has 0 saturated heterocycles.